The zero-order chi connectivity index (χ0) is 13.2. The number of rotatable bonds is 2. The Labute approximate surface area is 118 Å². The summed E-state index contributed by atoms with van der Waals surface area (Å²) in [4.78, 5) is 13.0. The standard InChI is InChI=1S/C13H20ClN5/c14-12-11(15)13(17-9-16-12)19-7-5-18(6-8-19)10-3-1-2-4-10/h9-10H,1-8,15H2. The van der Waals surface area contributed by atoms with Crippen molar-refractivity contribution in [2.75, 3.05) is 36.8 Å². The van der Waals surface area contributed by atoms with Gasteiger partial charge in [-0.25, -0.2) is 9.97 Å². The molecule has 2 aliphatic rings. The minimum atomic E-state index is 0.350. The predicted molar refractivity (Wildman–Crippen MR) is 77.5 cm³/mol. The number of nitrogens with zero attached hydrogens (tertiary/aromatic N) is 4. The van der Waals surface area contributed by atoms with Gasteiger partial charge in [0.15, 0.2) is 11.0 Å². The number of nitrogens with two attached hydrogens (primary N) is 1. The summed E-state index contributed by atoms with van der Waals surface area (Å²) in [6.45, 7) is 4.11. The maximum Gasteiger partial charge on any atom is 0.157 e. The number of hydrogen-bond acceptors (Lipinski definition) is 5. The first-order chi connectivity index (χ1) is 9.25. The average Bonchev–Trinajstić information content (AvgIpc) is 2.96. The summed E-state index contributed by atoms with van der Waals surface area (Å²) in [5, 5.41) is 0.350. The first-order valence-corrected chi connectivity index (χ1v) is 7.38. The van der Waals surface area contributed by atoms with Gasteiger partial charge in [-0.2, -0.15) is 0 Å². The van der Waals surface area contributed by atoms with E-state index in [2.05, 4.69) is 19.8 Å². The third kappa shape index (κ3) is 2.62. The van der Waals surface area contributed by atoms with Gasteiger partial charge in [0.05, 0.1) is 0 Å². The minimum absolute atomic E-state index is 0.350. The van der Waals surface area contributed by atoms with Crippen LogP contribution in [-0.2, 0) is 0 Å². The molecule has 0 radical (unpaired) electrons. The van der Waals surface area contributed by atoms with Crippen LogP contribution in [0.3, 0.4) is 0 Å². The number of halogens is 1. The molecule has 2 heterocycles. The van der Waals surface area contributed by atoms with Gasteiger partial charge >= 0.3 is 0 Å². The highest BCUT2D eigenvalue weighted by molar-refractivity contribution is 6.32. The summed E-state index contributed by atoms with van der Waals surface area (Å²) in [5.41, 5.74) is 6.46. The molecule has 1 aliphatic heterocycles. The quantitative estimate of drug-likeness (QED) is 0.838. The van der Waals surface area contributed by atoms with Gasteiger partial charge < -0.3 is 10.6 Å². The van der Waals surface area contributed by atoms with E-state index < -0.39 is 0 Å². The topological polar surface area (TPSA) is 58.3 Å². The lowest BCUT2D eigenvalue weighted by molar-refractivity contribution is 0.187. The number of nitrogen functional groups attached to an aromatic ring is 1. The second-order valence-corrected chi connectivity index (χ2v) is 5.72. The molecule has 19 heavy (non-hydrogen) atoms. The number of anilines is 2. The number of hydrogen-bond donors (Lipinski definition) is 1. The van der Waals surface area contributed by atoms with Crippen LogP contribution >= 0.6 is 11.6 Å². The summed E-state index contributed by atoms with van der Waals surface area (Å²) in [7, 11) is 0. The molecule has 0 aromatic carbocycles. The van der Waals surface area contributed by atoms with Gasteiger partial charge in [-0.1, -0.05) is 24.4 Å². The Bertz CT molecular complexity index is 439. The second kappa shape index (κ2) is 5.51. The summed E-state index contributed by atoms with van der Waals surface area (Å²) in [6.07, 6.45) is 6.99. The lowest BCUT2D eigenvalue weighted by Crippen LogP contribution is -2.50. The van der Waals surface area contributed by atoms with Gasteiger partial charge in [-0.05, 0) is 12.8 Å². The molecular weight excluding hydrogens is 262 g/mol. The van der Waals surface area contributed by atoms with Crippen molar-refractivity contribution in [2.24, 2.45) is 0 Å². The molecule has 0 atom stereocenters. The molecule has 5 nitrogen and oxygen atoms in total. The summed E-state index contributed by atoms with van der Waals surface area (Å²) in [6, 6.07) is 0.800. The van der Waals surface area contributed by atoms with Crippen LogP contribution < -0.4 is 10.6 Å². The Hall–Kier alpha value is -1.07. The summed E-state index contributed by atoms with van der Waals surface area (Å²) < 4.78 is 0. The van der Waals surface area contributed by atoms with Crippen LogP contribution in [0.25, 0.3) is 0 Å². The zero-order valence-electron chi connectivity index (χ0n) is 11.1. The van der Waals surface area contributed by atoms with Gasteiger partial charge in [0, 0.05) is 32.2 Å². The maximum absolute atomic E-state index is 5.96. The first-order valence-electron chi connectivity index (χ1n) is 7.00. The molecule has 6 heteroatoms. The van der Waals surface area contributed by atoms with Crippen LogP contribution in [0.5, 0.6) is 0 Å². The van der Waals surface area contributed by atoms with E-state index >= 15 is 0 Å². The molecule has 0 spiro atoms. The van der Waals surface area contributed by atoms with Crippen LogP contribution in [-0.4, -0.2) is 47.1 Å². The number of piperazine rings is 1. The normalized spacial score (nSPS) is 22.1. The molecule has 0 unspecified atom stereocenters. The second-order valence-electron chi connectivity index (χ2n) is 5.36. The van der Waals surface area contributed by atoms with Crippen molar-refractivity contribution < 1.29 is 0 Å². The molecule has 1 aliphatic carbocycles. The lowest BCUT2D eigenvalue weighted by atomic mass is 10.2. The van der Waals surface area contributed by atoms with Crippen molar-refractivity contribution >= 4 is 23.1 Å². The average molecular weight is 282 g/mol. The van der Waals surface area contributed by atoms with Gasteiger partial charge in [-0.15, -0.1) is 0 Å². The molecule has 0 bridgehead atoms. The smallest absolute Gasteiger partial charge is 0.157 e. The van der Waals surface area contributed by atoms with E-state index in [0.717, 1.165) is 38.0 Å². The molecule has 104 valence electrons. The number of aromatic nitrogens is 2. The van der Waals surface area contributed by atoms with Crippen molar-refractivity contribution in [2.45, 2.75) is 31.7 Å². The van der Waals surface area contributed by atoms with Crippen molar-refractivity contribution in [1.29, 1.82) is 0 Å². The Morgan fingerprint density at radius 1 is 1.11 bits per heavy atom. The Kier molecular flexibility index (Phi) is 3.75. The zero-order valence-corrected chi connectivity index (χ0v) is 11.8. The molecular formula is C13H20ClN5. The van der Waals surface area contributed by atoms with Crippen molar-refractivity contribution in [3.05, 3.63) is 11.5 Å². The molecule has 2 fully saturated rings. The van der Waals surface area contributed by atoms with Crippen molar-refractivity contribution in [3.63, 3.8) is 0 Å². The minimum Gasteiger partial charge on any atom is -0.393 e. The van der Waals surface area contributed by atoms with Crippen LogP contribution in [0.1, 0.15) is 25.7 Å². The molecule has 1 saturated carbocycles. The van der Waals surface area contributed by atoms with Crippen LogP contribution in [0.2, 0.25) is 5.15 Å². The molecule has 1 saturated heterocycles. The SMILES string of the molecule is Nc1c(Cl)ncnc1N1CCN(C2CCCC2)CC1. The largest absolute Gasteiger partial charge is 0.393 e. The van der Waals surface area contributed by atoms with Gasteiger partial charge in [0.1, 0.15) is 12.0 Å². The monoisotopic (exact) mass is 281 g/mol. The van der Waals surface area contributed by atoms with Crippen LogP contribution in [0.4, 0.5) is 11.5 Å². The third-order valence-electron chi connectivity index (χ3n) is 4.27. The Balaban J connectivity index is 1.64. The predicted octanol–water partition coefficient (Wildman–Crippen LogP) is 1.78. The molecule has 1 aromatic rings. The molecule has 2 N–H and O–H groups in total. The fraction of sp³-hybridized carbons (Fsp3) is 0.692. The van der Waals surface area contributed by atoms with E-state index in [9.17, 15) is 0 Å². The fourth-order valence-electron chi connectivity index (χ4n) is 3.19. The maximum atomic E-state index is 5.96. The molecule has 3 rings (SSSR count). The van der Waals surface area contributed by atoms with E-state index in [1.54, 1.807) is 0 Å². The summed E-state index contributed by atoms with van der Waals surface area (Å²) in [5.74, 6) is 0.783. The molecule has 1 aromatic heterocycles. The van der Waals surface area contributed by atoms with Crippen molar-refractivity contribution in [1.82, 2.24) is 14.9 Å². The van der Waals surface area contributed by atoms with Crippen LogP contribution in [0, 0.1) is 0 Å². The highest BCUT2D eigenvalue weighted by Crippen LogP contribution is 2.28. The van der Waals surface area contributed by atoms with E-state index in [0.29, 0.717) is 10.8 Å². The Morgan fingerprint density at radius 3 is 2.47 bits per heavy atom. The van der Waals surface area contributed by atoms with Gasteiger partial charge in [0.2, 0.25) is 0 Å². The summed E-state index contributed by atoms with van der Waals surface area (Å²) >= 11 is 5.95. The van der Waals surface area contributed by atoms with E-state index in [1.807, 2.05) is 0 Å². The van der Waals surface area contributed by atoms with E-state index in [-0.39, 0.29) is 0 Å². The van der Waals surface area contributed by atoms with Gasteiger partial charge in [0.25, 0.3) is 0 Å². The fourth-order valence-corrected chi connectivity index (χ4v) is 3.31. The van der Waals surface area contributed by atoms with Crippen molar-refractivity contribution in [3.8, 4) is 0 Å². The van der Waals surface area contributed by atoms with E-state index in [1.165, 1.54) is 32.0 Å². The first kappa shape index (κ1) is 12.9. The highest BCUT2D eigenvalue weighted by atomic mass is 35.5. The van der Waals surface area contributed by atoms with Gasteiger partial charge in [-0.3, -0.25) is 4.90 Å². The molecule has 0 amide bonds. The lowest BCUT2D eigenvalue weighted by Gasteiger charge is -2.38. The highest BCUT2D eigenvalue weighted by Gasteiger charge is 2.27. The van der Waals surface area contributed by atoms with Crippen LogP contribution in [0.15, 0.2) is 6.33 Å². The Morgan fingerprint density at radius 2 is 1.79 bits per heavy atom. The van der Waals surface area contributed by atoms with E-state index in [4.69, 9.17) is 17.3 Å². The third-order valence-corrected chi connectivity index (χ3v) is 4.57.